The molecule has 0 spiro atoms. The van der Waals surface area contributed by atoms with E-state index in [1.165, 1.54) is 12.2 Å². The SMILES string of the molecule is O=C(C=Cc1ccc(OCC2CO2)cc1)Oc1ccc(OC(=O)C=Cc2ccc(OCC3CO3)cc2)c(C(F)(F)F)c1C(F)(F)F. The number of hydrogen-bond donors (Lipinski definition) is 0. The van der Waals surface area contributed by atoms with Gasteiger partial charge < -0.3 is 28.4 Å². The first-order chi connectivity index (χ1) is 21.8. The third-order valence-electron chi connectivity index (χ3n) is 6.38. The standard InChI is InChI=1S/C32H24F6O8/c33-31(34,35)29-25(45-27(39)13-5-19-1-7-21(8-2-19)41-15-23-17-43-23)11-12-26(30(29)32(36,37)38)46-28(40)14-6-20-3-9-22(10-4-20)42-16-24-18-44-24/h1-14,23-24H,15-18H2. The molecule has 0 aliphatic carbocycles. The number of halogens is 6. The van der Waals surface area contributed by atoms with Crippen LogP contribution in [0.3, 0.4) is 0 Å². The Morgan fingerprint density at radius 2 is 0.978 bits per heavy atom. The van der Waals surface area contributed by atoms with Crippen LogP contribution in [0.2, 0.25) is 0 Å². The summed E-state index contributed by atoms with van der Waals surface area (Å²) >= 11 is 0. The molecule has 0 N–H and O–H groups in total. The molecule has 0 bridgehead atoms. The van der Waals surface area contributed by atoms with E-state index in [0.717, 1.165) is 12.2 Å². The summed E-state index contributed by atoms with van der Waals surface area (Å²) in [6, 6.07) is 13.4. The van der Waals surface area contributed by atoms with Crippen LogP contribution in [0.25, 0.3) is 12.2 Å². The van der Waals surface area contributed by atoms with Crippen LogP contribution in [0.1, 0.15) is 22.3 Å². The molecule has 3 aromatic rings. The number of carbonyl (C=O) groups is 2. The maximum absolute atomic E-state index is 14.0. The van der Waals surface area contributed by atoms with Crippen molar-refractivity contribution in [1.29, 1.82) is 0 Å². The van der Waals surface area contributed by atoms with Crippen molar-refractivity contribution in [2.45, 2.75) is 24.6 Å². The third-order valence-corrected chi connectivity index (χ3v) is 6.38. The first-order valence-corrected chi connectivity index (χ1v) is 13.7. The van der Waals surface area contributed by atoms with E-state index in [0.29, 0.717) is 61.2 Å². The van der Waals surface area contributed by atoms with Gasteiger partial charge in [-0.05, 0) is 59.7 Å². The molecule has 242 valence electrons. The van der Waals surface area contributed by atoms with E-state index in [1.807, 2.05) is 0 Å². The van der Waals surface area contributed by atoms with Crippen LogP contribution >= 0.6 is 0 Å². The minimum atomic E-state index is -5.65. The molecule has 0 saturated carbocycles. The molecule has 2 heterocycles. The first-order valence-electron chi connectivity index (χ1n) is 13.7. The monoisotopic (exact) mass is 650 g/mol. The van der Waals surface area contributed by atoms with E-state index in [1.54, 1.807) is 48.5 Å². The van der Waals surface area contributed by atoms with Crippen molar-refractivity contribution in [2.24, 2.45) is 0 Å². The van der Waals surface area contributed by atoms with Crippen molar-refractivity contribution in [2.75, 3.05) is 26.4 Å². The molecule has 0 radical (unpaired) electrons. The Hall–Kier alpha value is -4.82. The summed E-state index contributed by atoms with van der Waals surface area (Å²) in [5.41, 5.74) is -3.79. The van der Waals surface area contributed by atoms with Gasteiger partial charge in [-0.1, -0.05) is 24.3 Å². The highest BCUT2D eigenvalue weighted by molar-refractivity contribution is 5.90. The largest absolute Gasteiger partial charge is 0.491 e. The average molecular weight is 651 g/mol. The molecule has 2 saturated heterocycles. The Morgan fingerprint density at radius 3 is 1.28 bits per heavy atom. The van der Waals surface area contributed by atoms with Crippen LogP contribution in [0, 0.1) is 0 Å². The van der Waals surface area contributed by atoms with Gasteiger partial charge in [0.05, 0.1) is 13.2 Å². The molecule has 2 atom stereocenters. The van der Waals surface area contributed by atoms with E-state index in [9.17, 15) is 35.9 Å². The number of ether oxygens (including phenoxy) is 6. The van der Waals surface area contributed by atoms with E-state index >= 15 is 0 Å². The Balaban J connectivity index is 1.28. The van der Waals surface area contributed by atoms with Gasteiger partial charge in [0.25, 0.3) is 0 Å². The number of benzene rings is 3. The zero-order valence-corrected chi connectivity index (χ0v) is 23.6. The minimum absolute atomic E-state index is 0.0364. The van der Waals surface area contributed by atoms with Gasteiger partial charge in [-0.3, -0.25) is 0 Å². The molecule has 0 aromatic heterocycles. The van der Waals surface area contributed by atoms with Gasteiger partial charge in [0, 0.05) is 12.2 Å². The van der Waals surface area contributed by atoms with Crippen molar-refractivity contribution < 1.29 is 64.4 Å². The second-order valence-electron chi connectivity index (χ2n) is 9.99. The number of alkyl halides is 6. The number of carbonyl (C=O) groups excluding carboxylic acids is 2. The summed E-state index contributed by atoms with van der Waals surface area (Å²) in [7, 11) is 0. The smallest absolute Gasteiger partial charge is 0.420 e. The normalized spacial score (nSPS) is 17.6. The third kappa shape index (κ3) is 9.34. The summed E-state index contributed by atoms with van der Waals surface area (Å²) in [6.07, 6.45) is -7.34. The quantitative estimate of drug-likeness (QED) is 0.0720. The summed E-state index contributed by atoms with van der Waals surface area (Å²) in [4.78, 5) is 24.7. The van der Waals surface area contributed by atoms with Crippen LogP contribution < -0.4 is 18.9 Å². The lowest BCUT2D eigenvalue weighted by atomic mass is 10.0. The van der Waals surface area contributed by atoms with Crippen molar-refractivity contribution >= 4 is 24.1 Å². The molecule has 14 heteroatoms. The van der Waals surface area contributed by atoms with Gasteiger partial charge in [0.15, 0.2) is 0 Å². The molecule has 2 fully saturated rings. The Morgan fingerprint density at radius 1 is 0.630 bits per heavy atom. The fraction of sp³-hybridized carbons (Fsp3) is 0.250. The highest BCUT2D eigenvalue weighted by atomic mass is 19.4. The number of epoxide rings is 2. The predicted molar refractivity (Wildman–Crippen MR) is 149 cm³/mol. The molecule has 8 nitrogen and oxygen atoms in total. The van der Waals surface area contributed by atoms with E-state index in [4.69, 9.17) is 18.9 Å². The van der Waals surface area contributed by atoms with Gasteiger partial charge in [-0.15, -0.1) is 0 Å². The number of esters is 2. The summed E-state index contributed by atoms with van der Waals surface area (Å²) < 4.78 is 114. The number of rotatable bonds is 12. The lowest BCUT2D eigenvalue weighted by Crippen LogP contribution is -2.21. The van der Waals surface area contributed by atoms with Gasteiger partial charge in [0.2, 0.25) is 0 Å². The van der Waals surface area contributed by atoms with Crippen molar-refractivity contribution in [1.82, 2.24) is 0 Å². The van der Waals surface area contributed by atoms with Crippen LogP contribution in [0.15, 0.2) is 72.8 Å². The van der Waals surface area contributed by atoms with Gasteiger partial charge >= 0.3 is 24.3 Å². The van der Waals surface area contributed by atoms with Gasteiger partial charge in [-0.25, -0.2) is 9.59 Å². The summed E-state index contributed by atoms with van der Waals surface area (Å²) in [5.74, 6) is -4.58. The minimum Gasteiger partial charge on any atom is -0.491 e. The molecule has 46 heavy (non-hydrogen) atoms. The summed E-state index contributed by atoms with van der Waals surface area (Å²) in [5, 5.41) is 0. The molecule has 2 aliphatic rings. The van der Waals surface area contributed by atoms with Crippen LogP contribution in [0.5, 0.6) is 23.0 Å². The molecule has 2 unspecified atom stereocenters. The molecule has 0 amide bonds. The summed E-state index contributed by atoms with van der Waals surface area (Å²) in [6.45, 7) is 1.94. The highest BCUT2D eigenvalue weighted by Gasteiger charge is 2.48. The average Bonchev–Trinajstić information content (AvgIpc) is 3.93. The zero-order valence-electron chi connectivity index (χ0n) is 23.6. The second-order valence-corrected chi connectivity index (χ2v) is 9.99. The number of hydrogen-bond acceptors (Lipinski definition) is 8. The van der Waals surface area contributed by atoms with Gasteiger partial charge in [0.1, 0.15) is 59.5 Å². The maximum Gasteiger partial charge on any atom is 0.420 e. The fourth-order valence-corrected chi connectivity index (χ4v) is 3.97. The fourth-order valence-electron chi connectivity index (χ4n) is 3.97. The van der Waals surface area contributed by atoms with E-state index in [-0.39, 0.29) is 12.2 Å². The molecular weight excluding hydrogens is 626 g/mol. The Bertz CT molecular complexity index is 1480. The van der Waals surface area contributed by atoms with Crippen LogP contribution in [-0.4, -0.2) is 50.6 Å². The van der Waals surface area contributed by atoms with Crippen LogP contribution in [-0.2, 0) is 31.4 Å². The van der Waals surface area contributed by atoms with Gasteiger partial charge in [-0.2, -0.15) is 26.3 Å². The molecule has 3 aromatic carbocycles. The molecule has 2 aliphatic heterocycles. The zero-order chi connectivity index (χ0) is 32.9. The van der Waals surface area contributed by atoms with Crippen LogP contribution in [0.4, 0.5) is 26.3 Å². The topological polar surface area (TPSA) is 96.1 Å². The lowest BCUT2D eigenvalue weighted by Gasteiger charge is -2.21. The molecular formula is C32H24F6O8. The highest BCUT2D eigenvalue weighted by Crippen LogP contribution is 2.49. The lowest BCUT2D eigenvalue weighted by molar-refractivity contribution is -0.164. The van der Waals surface area contributed by atoms with Crippen molar-refractivity contribution in [3.63, 3.8) is 0 Å². The molecule has 5 rings (SSSR count). The second kappa shape index (κ2) is 13.7. The van der Waals surface area contributed by atoms with Crippen molar-refractivity contribution in [3.05, 3.63) is 95.1 Å². The first kappa shape index (κ1) is 32.6. The van der Waals surface area contributed by atoms with Crippen molar-refractivity contribution in [3.8, 4) is 23.0 Å². The Kier molecular flexibility index (Phi) is 9.68. The maximum atomic E-state index is 14.0. The van der Waals surface area contributed by atoms with E-state index < -0.39 is 46.9 Å². The van der Waals surface area contributed by atoms with E-state index in [2.05, 4.69) is 9.47 Å². The predicted octanol–water partition coefficient (Wildman–Crippen LogP) is 6.52. The Labute approximate surface area is 257 Å².